The fourth-order valence-electron chi connectivity index (χ4n) is 2.10. The molecule has 23 heavy (non-hydrogen) atoms. The Morgan fingerprint density at radius 3 is 2.78 bits per heavy atom. The fourth-order valence-corrected chi connectivity index (χ4v) is 3.70. The van der Waals surface area contributed by atoms with Gasteiger partial charge in [-0.2, -0.15) is 0 Å². The molecule has 0 aliphatic heterocycles. The van der Waals surface area contributed by atoms with E-state index in [1.54, 1.807) is 12.1 Å². The van der Waals surface area contributed by atoms with E-state index in [0.717, 1.165) is 4.47 Å². The first-order valence-electron chi connectivity index (χ1n) is 6.66. The summed E-state index contributed by atoms with van der Waals surface area (Å²) >= 11 is 6.03. The minimum absolute atomic E-state index is 0.0636. The number of rotatable bonds is 4. The molecule has 8 heteroatoms. The van der Waals surface area contributed by atoms with Gasteiger partial charge in [-0.3, -0.25) is 14.2 Å². The van der Waals surface area contributed by atoms with Crippen LogP contribution in [0.4, 0.5) is 5.69 Å². The summed E-state index contributed by atoms with van der Waals surface area (Å²) in [5, 5.41) is 5.15. The molecule has 0 unspecified atom stereocenters. The van der Waals surface area contributed by atoms with Crippen LogP contribution in [-0.4, -0.2) is 21.7 Å². The predicted octanol–water partition coefficient (Wildman–Crippen LogP) is 3.58. The number of aromatic nitrogens is 2. The summed E-state index contributed by atoms with van der Waals surface area (Å²) in [4.78, 5) is 29.2. The van der Waals surface area contributed by atoms with Crippen molar-refractivity contribution in [2.45, 2.75) is 11.7 Å². The van der Waals surface area contributed by atoms with Crippen LogP contribution < -0.4 is 10.9 Å². The van der Waals surface area contributed by atoms with E-state index in [-0.39, 0.29) is 18.0 Å². The number of thioether (sulfide) groups is 1. The summed E-state index contributed by atoms with van der Waals surface area (Å²) in [5.41, 5.74) is 1.18. The zero-order chi connectivity index (χ0) is 16.4. The number of amides is 1. The van der Waals surface area contributed by atoms with Crippen molar-refractivity contribution in [2.75, 3.05) is 11.6 Å². The van der Waals surface area contributed by atoms with Crippen molar-refractivity contribution in [2.24, 2.45) is 0 Å². The molecule has 1 N–H and O–H groups in total. The van der Waals surface area contributed by atoms with Crippen molar-refractivity contribution >= 4 is 60.8 Å². The number of anilines is 1. The van der Waals surface area contributed by atoms with Gasteiger partial charge in [-0.25, -0.2) is 4.98 Å². The number of carbonyl (C=O) groups is 1. The number of benzene rings is 1. The summed E-state index contributed by atoms with van der Waals surface area (Å²) in [7, 11) is 0. The molecule has 1 aromatic carbocycles. The molecule has 0 aliphatic rings. The molecule has 0 aliphatic carbocycles. The highest BCUT2D eigenvalue weighted by atomic mass is 79.9. The van der Waals surface area contributed by atoms with E-state index in [2.05, 4.69) is 26.2 Å². The molecular formula is C15H12BrN3O2S2. The molecular weight excluding hydrogens is 398 g/mol. The maximum atomic E-state index is 12.5. The third-order valence-corrected chi connectivity index (χ3v) is 5.24. The van der Waals surface area contributed by atoms with Gasteiger partial charge in [0.05, 0.1) is 5.52 Å². The van der Waals surface area contributed by atoms with Crippen molar-refractivity contribution in [3.8, 4) is 0 Å². The first-order chi connectivity index (χ1) is 11.1. The average Bonchev–Trinajstić information content (AvgIpc) is 3.01. The lowest BCUT2D eigenvalue weighted by Crippen LogP contribution is -2.29. The Kier molecular flexibility index (Phi) is 4.84. The molecule has 2 aromatic heterocycles. The molecule has 2 heterocycles. The zero-order valence-corrected chi connectivity index (χ0v) is 15.3. The third-order valence-electron chi connectivity index (χ3n) is 3.14. The van der Waals surface area contributed by atoms with Gasteiger partial charge in [-0.1, -0.05) is 27.7 Å². The molecule has 0 radical (unpaired) electrons. The molecule has 0 bridgehead atoms. The van der Waals surface area contributed by atoms with Crippen LogP contribution in [-0.2, 0) is 11.3 Å². The summed E-state index contributed by atoms with van der Waals surface area (Å²) in [6, 6.07) is 9.08. The third kappa shape index (κ3) is 3.49. The molecule has 0 fully saturated rings. The Balaban J connectivity index is 1.88. The highest BCUT2D eigenvalue weighted by Crippen LogP contribution is 2.19. The maximum Gasteiger partial charge on any atom is 0.272 e. The summed E-state index contributed by atoms with van der Waals surface area (Å²) in [5.74, 6) is -0.262. The second kappa shape index (κ2) is 6.86. The summed E-state index contributed by atoms with van der Waals surface area (Å²) in [6.45, 7) is -0.0636. The lowest BCUT2D eigenvalue weighted by Gasteiger charge is -2.11. The molecule has 3 rings (SSSR count). The van der Waals surface area contributed by atoms with E-state index in [1.807, 2.05) is 29.8 Å². The Morgan fingerprint density at radius 1 is 1.35 bits per heavy atom. The molecule has 0 atom stereocenters. The van der Waals surface area contributed by atoms with E-state index in [4.69, 9.17) is 0 Å². The predicted molar refractivity (Wildman–Crippen MR) is 98.4 cm³/mol. The van der Waals surface area contributed by atoms with Crippen molar-refractivity contribution in [3.05, 3.63) is 50.5 Å². The number of nitrogens with zero attached hydrogens (tertiary/aromatic N) is 2. The topological polar surface area (TPSA) is 64.0 Å². The highest BCUT2D eigenvalue weighted by molar-refractivity contribution is 9.10. The number of thiophene rings is 1. The molecule has 0 saturated carbocycles. The first kappa shape index (κ1) is 16.2. The van der Waals surface area contributed by atoms with Crippen molar-refractivity contribution in [1.29, 1.82) is 0 Å². The van der Waals surface area contributed by atoms with Crippen molar-refractivity contribution in [3.63, 3.8) is 0 Å². The number of nitrogens with one attached hydrogen (secondary N) is 1. The summed E-state index contributed by atoms with van der Waals surface area (Å²) in [6.07, 6.45) is 1.84. The first-order valence-corrected chi connectivity index (χ1v) is 9.55. The fraction of sp³-hybridized carbons (Fsp3) is 0.133. The average molecular weight is 410 g/mol. The molecule has 0 saturated heterocycles. The van der Waals surface area contributed by atoms with E-state index >= 15 is 0 Å². The van der Waals surface area contributed by atoms with Crippen LogP contribution in [0, 0.1) is 0 Å². The summed E-state index contributed by atoms with van der Waals surface area (Å²) < 4.78 is 2.92. The number of halogens is 1. The van der Waals surface area contributed by atoms with Crippen LogP contribution in [0.1, 0.15) is 0 Å². The Hall–Kier alpha value is -1.64. The smallest absolute Gasteiger partial charge is 0.272 e. The maximum absolute atomic E-state index is 12.5. The van der Waals surface area contributed by atoms with Gasteiger partial charge in [-0.05, 0) is 42.0 Å². The number of hydrogen-bond donors (Lipinski definition) is 1. The molecule has 3 aromatic rings. The van der Waals surface area contributed by atoms with Gasteiger partial charge in [0.1, 0.15) is 11.2 Å². The van der Waals surface area contributed by atoms with E-state index in [1.165, 1.54) is 27.7 Å². The minimum Gasteiger partial charge on any atom is -0.325 e. The van der Waals surface area contributed by atoms with Gasteiger partial charge in [0.15, 0.2) is 5.16 Å². The van der Waals surface area contributed by atoms with Gasteiger partial charge >= 0.3 is 0 Å². The Morgan fingerprint density at radius 2 is 2.09 bits per heavy atom. The van der Waals surface area contributed by atoms with Crippen LogP contribution >= 0.6 is 39.0 Å². The SMILES string of the molecule is CSc1nc2ccsc2c(=O)n1CC(=O)Nc1ccc(Br)cc1. The molecule has 5 nitrogen and oxygen atoms in total. The van der Waals surface area contributed by atoms with Gasteiger partial charge in [-0.15, -0.1) is 11.3 Å². The zero-order valence-electron chi connectivity index (χ0n) is 12.1. The monoisotopic (exact) mass is 409 g/mol. The molecule has 1 amide bonds. The van der Waals surface area contributed by atoms with Gasteiger partial charge in [0.25, 0.3) is 5.56 Å². The second-order valence-electron chi connectivity index (χ2n) is 4.68. The number of fused-ring (bicyclic) bond motifs is 1. The molecule has 118 valence electrons. The highest BCUT2D eigenvalue weighted by Gasteiger charge is 2.14. The standard InChI is InChI=1S/C15H12BrN3O2S2/c1-22-15-18-11-6-7-23-13(11)14(21)19(15)8-12(20)17-10-4-2-9(16)3-5-10/h2-7H,8H2,1H3,(H,17,20). The van der Waals surface area contributed by atoms with Crippen LogP contribution in [0.15, 0.2) is 50.1 Å². The van der Waals surface area contributed by atoms with E-state index < -0.39 is 0 Å². The van der Waals surface area contributed by atoms with Crippen molar-refractivity contribution < 1.29 is 4.79 Å². The normalized spacial score (nSPS) is 10.9. The lowest BCUT2D eigenvalue weighted by atomic mass is 10.3. The largest absolute Gasteiger partial charge is 0.325 e. The Labute approximate surface area is 148 Å². The van der Waals surface area contributed by atoms with Crippen molar-refractivity contribution in [1.82, 2.24) is 9.55 Å². The lowest BCUT2D eigenvalue weighted by molar-refractivity contribution is -0.116. The minimum atomic E-state index is -0.262. The van der Waals surface area contributed by atoms with Crippen LogP contribution in [0.5, 0.6) is 0 Å². The van der Waals surface area contributed by atoms with E-state index in [9.17, 15) is 9.59 Å². The molecule has 0 spiro atoms. The second-order valence-corrected chi connectivity index (χ2v) is 7.29. The Bertz CT molecular complexity index is 919. The van der Waals surface area contributed by atoms with Gasteiger partial charge in [0, 0.05) is 10.2 Å². The van der Waals surface area contributed by atoms with E-state index in [0.29, 0.717) is 21.1 Å². The van der Waals surface area contributed by atoms with Crippen LogP contribution in [0.3, 0.4) is 0 Å². The van der Waals surface area contributed by atoms with Crippen LogP contribution in [0.25, 0.3) is 10.2 Å². The quantitative estimate of drug-likeness (QED) is 0.528. The van der Waals surface area contributed by atoms with Crippen LogP contribution in [0.2, 0.25) is 0 Å². The van der Waals surface area contributed by atoms with Gasteiger partial charge in [0.2, 0.25) is 5.91 Å². The number of carbonyl (C=O) groups excluding carboxylic acids is 1. The number of hydrogen-bond acceptors (Lipinski definition) is 5. The van der Waals surface area contributed by atoms with Gasteiger partial charge < -0.3 is 5.32 Å².